The number of rotatable bonds is 7. The van der Waals surface area contributed by atoms with Crippen LogP contribution in [-0.4, -0.2) is 32.0 Å². The van der Waals surface area contributed by atoms with Crippen LogP contribution in [0.5, 0.6) is 0 Å². The lowest BCUT2D eigenvalue weighted by Crippen LogP contribution is -2.37. The van der Waals surface area contributed by atoms with Crippen molar-refractivity contribution in [2.24, 2.45) is 4.99 Å². The van der Waals surface area contributed by atoms with Gasteiger partial charge in [0.05, 0.1) is 0 Å². The van der Waals surface area contributed by atoms with E-state index in [1.54, 1.807) is 7.05 Å². The fourth-order valence-corrected chi connectivity index (χ4v) is 2.41. The van der Waals surface area contributed by atoms with Crippen molar-refractivity contribution in [3.63, 3.8) is 0 Å². The maximum Gasteiger partial charge on any atom is 0.251 e. The molecule has 0 aliphatic heterocycles. The predicted molar refractivity (Wildman–Crippen MR) is 103 cm³/mol. The molecule has 0 aromatic heterocycles. The zero-order valence-electron chi connectivity index (χ0n) is 14.9. The molecule has 1 amide bonds. The van der Waals surface area contributed by atoms with Crippen LogP contribution >= 0.6 is 0 Å². The molecule has 0 radical (unpaired) electrons. The summed E-state index contributed by atoms with van der Waals surface area (Å²) in [6.07, 6.45) is 0.947. The van der Waals surface area contributed by atoms with Gasteiger partial charge in [0.2, 0.25) is 0 Å². The van der Waals surface area contributed by atoms with E-state index in [1.165, 1.54) is 5.56 Å². The molecule has 5 heteroatoms. The van der Waals surface area contributed by atoms with E-state index < -0.39 is 0 Å². The molecule has 0 saturated heterocycles. The Bertz CT molecular complexity index is 681. The zero-order chi connectivity index (χ0) is 17.9. The number of aliphatic imine (C=N–C) groups is 1. The van der Waals surface area contributed by atoms with Crippen molar-refractivity contribution in [1.29, 1.82) is 0 Å². The van der Waals surface area contributed by atoms with Crippen molar-refractivity contribution < 1.29 is 4.79 Å². The number of nitrogens with one attached hydrogen (secondary N) is 3. The number of hydrogen-bond acceptors (Lipinski definition) is 2. The Hall–Kier alpha value is -2.82. The standard InChI is InChI=1S/C20H26N4O/c1-3-22-19(25)18-11-9-17(10-12-18)15-24-20(21-2)23-14-13-16-7-5-4-6-8-16/h4-12H,3,13-15H2,1-2H3,(H,22,25)(H2,21,23,24). The Labute approximate surface area is 149 Å². The summed E-state index contributed by atoms with van der Waals surface area (Å²) in [6.45, 7) is 4.01. The summed E-state index contributed by atoms with van der Waals surface area (Å²) in [4.78, 5) is 16.0. The van der Waals surface area contributed by atoms with E-state index in [1.807, 2.05) is 49.4 Å². The summed E-state index contributed by atoms with van der Waals surface area (Å²) in [5, 5.41) is 9.39. The van der Waals surface area contributed by atoms with Crippen LogP contribution in [0.4, 0.5) is 0 Å². The topological polar surface area (TPSA) is 65.5 Å². The molecule has 0 spiro atoms. The number of guanidine groups is 1. The Balaban J connectivity index is 1.77. The normalized spacial score (nSPS) is 11.0. The van der Waals surface area contributed by atoms with Crippen molar-refractivity contribution in [3.05, 3.63) is 71.3 Å². The molecule has 3 N–H and O–H groups in total. The van der Waals surface area contributed by atoms with E-state index in [-0.39, 0.29) is 5.91 Å². The fraction of sp³-hybridized carbons (Fsp3) is 0.300. The average Bonchev–Trinajstić information content (AvgIpc) is 2.66. The molecule has 5 nitrogen and oxygen atoms in total. The fourth-order valence-electron chi connectivity index (χ4n) is 2.41. The number of amides is 1. The van der Waals surface area contributed by atoms with E-state index in [4.69, 9.17) is 0 Å². The van der Waals surface area contributed by atoms with Crippen molar-refractivity contribution in [2.45, 2.75) is 19.9 Å². The maximum atomic E-state index is 11.7. The third kappa shape index (κ3) is 6.30. The zero-order valence-corrected chi connectivity index (χ0v) is 14.9. The van der Waals surface area contributed by atoms with E-state index in [0.29, 0.717) is 18.7 Å². The lowest BCUT2D eigenvalue weighted by atomic mass is 10.1. The van der Waals surface area contributed by atoms with Gasteiger partial charge in [-0.3, -0.25) is 9.79 Å². The summed E-state index contributed by atoms with van der Waals surface area (Å²) < 4.78 is 0. The van der Waals surface area contributed by atoms with Gasteiger partial charge in [-0.05, 0) is 36.6 Å². The smallest absolute Gasteiger partial charge is 0.251 e. The second kappa shape index (κ2) is 10.1. The van der Waals surface area contributed by atoms with Crippen LogP contribution in [0.3, 0.4) is 0 Å². The van der Waals surface area contributed by atoms with Crippen LogP contribution < -0.4 is 16.0 Å². The van der Waals surface area contributed by atoms with Crippen LogP contribution in [0.2, 0.25) is 0 Å². The number of nitrogens with zero attached hydrogens (tertiary/aromatic N) is 1. The molecule has 0 aliphatic rings. The van der Waals surface area contributed by atoms with E-state index in [9.17, 15) is 4.79 Å². The first kappa shape index (κ1) is 18.5. The average molecular weight is 338 g/mol. The minimum absolute atomic E-state index is 0.0413. The Morgan fingerprint density at radius 2 is 1.64 bits per heavy atom. The first-order chi connectivity index (χ1) is 12.2. The summed E-state index contributed by atoms with van der Waals surface area (Å²) in [5.41, 5.74) is 3.07. The molecule has 0 saturated carbocycles. The third-order valence-corrected chi connectivity index (χ3v) is 3.79. The van der Waals surface area contributed by atoms with Gasteiger partial charge in [-0.2, -0.15) is 0 Å². The largest absolute Gasteiger partial charge is 0.356 e. The molecule has 2 aromatic rings. The number of carbonyl (C=O) groups excluding carboxylic acids is 1. The highest BCUT2D eigenvalue weighted by molar-refractivity contribution is 5.94. The van der Waals surface area contributed by atoms with Gasteiger partial charge in [0.1, 0.15) is 0 Å². The first-order valence-corrected chi connectivity index (χ1v) is 8.58. The van der Waals surface area contributed by atoms with Crippen molar-refractivity contribution in [3.8, 4) is 0 Å². The first-order valence-electron chi connectivity index (χ1n) is 8.58. The Kier molecular flexibility index (Phi) is 7.50. The van der Waals surface area contributed by atoms with Crippen molar-refractivity contribution >= 4 is 11.9 Å². The van der Waals surface area contributed by atoms with Crippen LogP contribution in [0, 0.1) is 0 Å². The molecule has 2 rings (SSSR count). The van der Waals surface area contributed by atoms with Crippen LogP contribution in [0.25, 0.3) is 0 Å². The van der Waals surface area contributed by atoms with Gasteiger partial charge in [-0.1, -0.05) is 42.5 Å². The van der Waals surface area contributed by atoms with Crippen molar-refractivity contribution in [2.75, 3.05) is 20.1 Å². The third-order valence-electron chi connectivity index (χ3n) is 3.79. The number of benzene rings is 2. The van der Waals surface area contributed by atoms with Gasteiger partial charge < -0.3 is 16.0 Å². The second-order valence-electron chi connectivity index (χ2n) is 5.64. The molecule has 0 fully saturated rings. The van der Waals surface area contributed by atoms with E-state index >= 15 is 0 Å². The maximum absolute atomic E-state index is 11.7. The highest BCUT2D eigenvalue weighted by atomic mass is 16.1. The van der Waals surface area contributed by atoms with Gasteiger partial charge in [0.15, 0.2) is 5.96 Å². The van der Waals surface area contributed by atoms with E-state index in [0.717, 1.165) is 24.5 Å². The number of hydrogen-bond donors (Lipinski definition) is 3. The predicted octanol–water partition coefficient (Wildman–Crippen LogP) is 2.34. The molecule has 0 heterocycles. The second-order valence-corrected chi connectivity index (χ2v) is 5.64. The summed E-state index contributed by atoms with van der Waals surface area (Å²) in [5.74, 6) is 0.726. The minimum Gasteiger partial charge on any atom is -0.356 e. The summed E-state index contributed by atoms with van der Waals surface area (Å²) in [6, 6.07) is 17.9. The van der Waals surface area contributed by atoms with Crippen LogP contribution in [-0.2, 0) is 13.0 Å². The molecule has 0 unspecified atom stereocenters. The highest BCUT2D eigenvalue weighted by Crippen LogP contribution is 2.04. The SMILES string of the molecule is CCNC(=O)c1ccc(CNC(=NC)NCCc2ccccc2)cc1. The van der Waals surface area contributed by atoms with Gasteiger partial charge >= 0.3 is 0 Å². The van der Waals surface area contributed by atoms with Gasteiger partial charge in [0, 0.05) is 32.2 Å². The molecule has 0 atom stereocenters. The quantitative estimate of drug-likeness (QED) is 0.536. The molecule has 0 aliphatic carbocycles. The molecular weight excluding hydrogens is 312 g/mol. The Morgan fingerprint density at radius 1 is 0.920 bits per heavy atom. The lowest BCUT2D eigenvalue weighted by Gasteiger charge is -2.12. The van der Waals surface area contributed by atoms with Crippen LogP contribution in [0.1, 0.15) is 28.4 Å². The molecule has 2 aromatic carbocycles. The monoisotopic (exact) mass is 338 g/mol. The highest BCUT2D eigenvalue weighted by Gasteiger charge is 2.04. The van der Waals surface area contributed by atoms with E-state index in [2.05, 4.69) is 33.1 Å². The number of carbonyl (C=O) groups is 1. The summed E-state index contributed by atoms with van der Waals surface area (Å²) >= 11 is 0. The Morgan fingerprint density at radius 3 is 2.28 bits per heavy atom. The molecule has 0 bridgehead atoms. The molecular formula is C20H26N4O. The van der Waals surface area contributed by atoms with Crippen LogP contribution in [0.15, 0.2) is 59.6 Å². The minimum atomic E-state index is -0.0413. The van der Waals surface area contributed by atoms with Crippen molar-refractivity contribution in [1.82, 2.24) is 16.0 Å². The van der Waals surface area contributed by atoms with Gasteiger partial charge in [-0.15, -0.1) is 0 Å². The molecule has 132 valence electrons. The lowest BCUT2D eigenvalue weighted by molar-refractivity contribution is 0.0956. The summed E-state index contributed by atoms with van der Waals surface area (Å²) in [7, 11) is 1.76. The molecule has 25 heavy (non-hydrogen) atoms. The van der Waals surface area contributed by atoms with Gasteiger partial charge in [0.25, 0.3) is 5.91 Å². The van der Waals surface area contributed by atoms with Gasteiger partial charge in [-0.25, -0.2) is 0 Å².